The summed E-state index contributed by atoms with van der Waals surface area (Å²) in [4.78, 5) is 19.1. The highest BCUT2D eigenvalue weighted by Crippen LogP contribution is 2.24. The van der Waals surface area contributed by atoms with Crippen molar-refractivity contribution in [2.45, 2.75) is 4.90 Å². The molecule has 2 aromatic heterocycles. The Balaban J connectivity index is 2.42. The van der Waals surface area contributed by atoms with Crippen molar-refractivity contribution < 1.29 is 8.42 Å². The lowest BCUT2D eigenvalue weighted by Gasteiger charge is -2.16. The van der Waals surface area contributed by atoms with Crippen molar-refractivity contribution >= 4 is 33.1 Å². The summed E-state index contributed by atoms with van der Waals surface area (Å²) in [5.41, 5.74) is -0.226. The van der Waals surface area contributed by atoms with E-state index in [0.717, 1.165) is 12.3 Å². The van der Waals surface area contributed by atoms with E-state index in [1.165, 1.54) is 0 Å². The second kappa shape index (κ2) is 5.74. The number of pyridine rings is 2. The maximum Gasteiger partial charge on any atom is 0.266 e. The minimum Gasteiger partial charge on any atom is -0.361 e. The molecule has 7 nitrogen and oxygen atoms in total. The number of rotatable bonds is 4. The minimum absolute atomic E-state index is 0.138. The summed E-state index contributed by atoms with van der Waals surface area (Å²) in [6.45, 7) is 0. The second-order valence-electron chi connectivity index (χ2n) is 4.39. The number of H-pyrrole nitrogens is 1. The molecule has 0 atom stereocenters. The van der Waals surface area contributed by atoms with Crippen LogP contribution in [0, 0.1) is 0 Å². The van der Waals surface area contributed by atoms with Crippen molar-refractivity contribution in [3.05, 3.63) is 46.0 Å². The Labute approximate surface area is 126 Å². The number of halogens is 1. The van der Waals surface area contributed by atoms with Gasteiger partial charge in [0.15, 0.2) is 5.82 Å². The van der Waals surface area contributed by atoms with Crippen LogP contribution < -0.4 is 15.2 Å². The van der Waals surface area contributed by atoms with Crippen molar-refractivity contribution in [1.29, 1.82) is 0 Å². The van der Waals surface area contributed by atoms with E-state index in [1.807, 2.05) is 0 Å². The summed E-state index contributed by atoms with van der Waals surface area (Å²) >= 11 is 5.65. The van der Waals surface area contributed by atoms with Crippen LogP contribution in [0.3, 0.4) is 0 Å². The van der Waals surface area contributed by atoms with Crippen molar-refractivity contribution in [2.24, 2.45) is 0 Å². The number of nitrogens with one attached hydrogen (secondary N) is 2. The molecule has 2 heterocycles. The van der Waals surface area contributed by atoms with Crippen LogP contribution in [0.15, 0.2) is 40.3 Å². The fourth-order valence-corrected chi connectivity index (χ4v) is 2.92. The van der Waals surface area contributed by atoms with Gasteiger partial charge in [0.1, 0.15) is 9.92 Å². The van der Waals surface area contributed by atoms with Gasteiger partial charge in [0.25, 0.3) is 15.6 Å². The van der Waals surface area contributed by atoms with Crippen LogP contribution in [-0.4, -0.2) is 32.5 Å². The Hall–Kier alpha value is -2.06. The van der Waals surface area contributed by atoms with Crippen molar-refractivity contribution in [2.75, 3.05) is 23.7 Å². The Kier molecular flexibility index (Phi) is 4.19. The molecule has 0 saturated heterocycles. The third-order valence-corrected chi connectivity index (χ3v) is 4.22. The zero-order chi connectivity index (χ0) is 15.6. The van der Waals surface area contributed by atoms with Gasteiger partial charge in [0.05, 0.1) is 5.69 Å². The van der Waals surface area contributed by atoms with Gasteiger partial charge in [0, 0.05) is 26.5 Å². The summed E-state index contributed by atoms with van der Waals surface area (Å²) in [5.74, 6) is 0.469. The summed E-state index contributed by atoms with van der Waals surface area (Å²) in [7, 11) is -0.386. The third-order valence-electron chi connectivity index (χ3n) is 2.60. The first-order valence-corrected chi connectivity index (χ1v) is 7.71. The monoisotopic (exact) mass is 328 g/mol. The molecule has 112 valence electrons. The van der Waals surface area contributed by atoms with E-state index in [1.54, 1.807) is 37.3 Å². The van der Waals surface area contributed by atoms with Gasteiger partial charge in [0.2, 0.25) is 0 Å². The minimum atomic E-state index is -3.88. The molecule has 0 radical (unpaired) electrons. The molecule has 0 spiro atoms. The Morgan fingerprint density at radius 1 is 1.38 bits per heavy atom. The summed E-state index contributed by atoms with van der Waals surface area (Å²) < 4.78 is 27.0. The average molecular weight is 329 g/mol. The Morgan fingerprint density at radius 3 is 2.71 bits per heavy atom. The zero-order valence-electron chi connectivity index (χ0n) is 11.3. The molecule has 2 N–H and O–H groups in total. The van der Waals surface area contributed by atoms with Crippen LogP contribution in [0.5, 0.6) is 0 Å². The molecule has 0 aliphatic heterocycles. The number of sulfonamides is 1. The number of aromatic amines is 1. The smallest absolute Gasteiger partial charge is 0.266 e. The molecule has 0 aliphatic carbocycles. The Bertz CT molecular complexity index is 817. The van der Waals surface area contributed by atoms with E-state index >= 15 is 0 Å². The maximum absolute atomic E-state index is 12.3. The van der Waals surface area contributed by atoms with Gasteiger partial charge >= 0.3 is 0 Å². The molecule has 2 aromatic rings. The molecule has 0 fully saturated rings. The first-order valence-electron chi connectivity index (χ1n) is 5.84. The van der Waals surface area contributed by atoms with Crippen molar-refractivity contribution in [3.8, 4) is 0 Å². The fraction of sp³-hybridized carbons (Fsp3) is 0.167. The molecule has 2 rings (SSSR count). The molecule has 0 unspecified atom stereocenters. The standard InChI is InChI=1S/C12H13ClN4O3S/c1-17(2)11-10(4-3-5-14-11)16-21(19,20)8-6-9(13)12(18)15-7-8/h3-7,16H,1-2H3,(H,15,18). The number of aromatic nitrogens is 2. The molecular weight excluding hydrogens is 316 g/mol. The summed E-state index contributed by atoms with van der Waals surface area (Å²) in [5, 5.41) is -0.197. The summed E-state index contributed by atoms with van der Waals surface area (Å²) in [6, 6.07) is 4.30. The van der Waals surface area contributed by atoms with Gasteiger partial charge in [-0.25, -0.2) is 13.4 Å². The zero-order valence-corrected chi connectivity index (χ0v) is 12.9. The van der Waals surface area contributed by atoms with Crippen LogP contribution in [0.25, 0.3) is 0 Å². The highest BCUT2D eigenvalue weighted by atomic mass is 35.5. The van der Waals surface area contributed by atoms with Crippen LogP contribution >= 0.6 is 11.6 Å². The highest BCUT2D eigenvalue weighted by Gasteiger charge is 2.18. The van der Waals surface area contributed by atoms with Gasteiger partial charge in [-0.1, -0.05) is 11.6 Å². The van der Waals surface area contributed by atoms with Crippen LogP contribution in [0.2, 0.25) is 5.02 Å². The van der Waals surface area contributed by atoms with E-state index in [4.69, 9.17) is 11.6 Å². The van der Waals surface area contributed by atoms with Gasteiger partial charge in [-0.15, -0.1) is 0 Å². The van der Waals surface area contributed by atoms with E-state index in [2.05, 4.69) is 14.7 Å². The van der Waals surface area contributed by atoms with Crippen LogP contribution in [0.1, 0.15) is 0 Å². The quantitative estimate of drug-likeness (QED) is 0.881. The lowest BCUT2D eigenvalue weighted by atomic mass is 10.4. The van der Waals surface area contributed by atoms with Gasteiger partial charge in [-0.05, 0) is 18.2 Å². The molecule has 0 bridgehead atoms. The average Bonchev–Trinajstić information content (AvgIpc) is 2.41. The van der Waals surface area contributed by atoms with E-state index in [-0.39, 0.29) is 9.92 Å². The predicted octanol–water partition coefficient (Wildman–Crippen LogP) is 1.29. The first-order chi connectivity index (χ1) is 9.81. The van der Waals surface area contributed by atoms with Gasteiger partial charge < -0.3 is 9.88 Å². The van der Waals surface area contributed by atoms with E-state index in [0.29, 0.717) is 11.5 Å². The number of hydrogen-bond donors (Lipinski definition) is 2. The normalized spacial score (nSPS) is 11.2. The van der Waals surface area contributed by atoms with E-state index < -0.39 is 15.6 Å². The highest BCUT2D eigenvalue weighted by molar-refractivity contribution is 7.92. The summed E-state index contributed by atoms with van der Waals surface area (Å²) in [6.07, 6.45) is 2.65. The van der Waals surface area contributed by atoms with E-state index in [9.17, 15) is 13.2 Å². The molecule has 21 heavy (non-hydrogen) atoms. The molecule has 0 amide bonds. The maximum atomic E-state index is 12.3. The van der Waals surface area contributed by atoms with Gasteiger partial charge in [-0.2, -0.15) is 0 Å². The molecule has 0 aliphatic rings. The molecule has 9 heteroatoms. The van der Waals surface area contributed by atoms with Crippen LogP contribution in [0.4, 0.5) is 11.5 Å². The fourth-order valence-electron chi connectivity index (χ4n) is 1.63. The topological polar surface area (TPSA) is 95.2 Å². The lowest BCUT2D eigenvalue weighted by molar-refractivity contribution is 0.600. The van der Waals surface area contributed by atoms with Gasteiger partial charge in [-0.3, -0.25) is 9.52 Å². The van der Waals surface area contributed by atoms with Crippen LogP contribution in [-0.2, 0) is 10.0 Å². The number of nitrogens with zero attached hydrogens (tertiary/aromatic N) is 2. The SMILES string of the molecule is CN(C)c1ncccc1NS(=O)(=O)c1c[nH]c(=O)c(Cl)c1. The van der Waals surface area contributed by atoms with Crippen molar-refractivity contribution in [1.82, 2.24) is 9.97 Å². The molecule has 0 aromatic carbocycles. The Morgan fingerprint density at radius 2 is 2.10 bits per heavy atom. The second-order valence-corrected chi connectivity index (χ2v) is 6.48. The number of hydrogen-bond acceptors (Lipinski definition) is 5. The predicted molar refractivity (Wildman–Crippen MR) is 81.4 cm³/mol. The van der Waals surface area contributed by atoms with Crippen molar-refractivity contribution in [3.63, 3.8) is 0 Å². The lowest BCUT2D eigenvalue weighted by Crippen LogP contribution is -2.19. The molecule has 0 saturated carbocycles. The molecular formula is C12H13ClN4O3S. The number of anilines is 2. The first kappa shape index (κ1) is 15.3. The largest absolute Gasteiger partial charge is 0.361 e. The third kappa shape index (κ3) is 3.34.